The molecule has 0 radical (unpaired) electrons. The molecule has 1 N–H and O–H groups in total. The highest BCUT2D eigenvalue weighted by atomic mass is 32.2. The largest absolute Gasteiger partial charge is 0.324 e. The molecule has 1 aromatic rings. The van der Waals surface area contributed by atoms with Crippen LogP contribution in [0, 0.1) is 6.92 Å². The van der Waals surface area contributed by atoms with Crippen LogP contribution in [0.3, 0.4) is 0 Å². The predicted octanol–water partition coefficient (Wildman–Crippen LogP) is 1.65. The fourth-order valence-corrected chi connectivity index (χ4v) is 3.96. The molecule has 104 valence electrons. The number of anilines is 1. The van der Waals surface area contributed by atoms with E-state index in [9.17, 15) is 13.2 Å². The number of rotatable bonds is 2. The van der Waals surface area contributed by atoms with Crippen LogP contribution < -0.4 is 5.32 Å². The van der Waals surface area contributed by atoms with Crippen LogP contribution in [0.1, 0.15) is 12.0 Å². The Hall–Kier alpha value is -1.56. The minimum Gasteiger partial charge on any atom is -0.324 e. The summed E-state index contributed by atoms with van der Waals surface area (Å²) in [5.74, 6) is 0.227. The van der Waals surface area contributed by atoms with Crippen molar-refractivity contribution < 1.29 is 13.2 Å². The maximum atomic E-state index is 12.0. The number of hydrogen-bond donors (Lipinski definition) is 1. The Labute approximate surface area is 113 Å². The van der Waals surface area contributed by atoms with Crippen LogP contribution in [0.25, 0.3) is 0 Å². The Morgan fingerprint density at radius 1 is 1.42 bits per heavy atom. The summed E-state index contributed by atoms with van der Waals surface area (Å²) in [5, 5.41) is 2.78. The van der Waals surface area contributed by atoms with E-state index in [1.165, 1.54) is 4.90 Å². The molecule has 1 saturated heterocycles. The first kappa shape index (κ1) is 13.9. The van der Waals surface area contributed by atoms with Gasteiger partial charge in [0.25, 0.3) is 0 Å². The van der Waals surface area contributed by atoms with Gasteiger partial charge < -0.3 is 10.2 Å². The lowest BCUT2D eigenvalue weighted by molar-refractivity contribution is 0.209. The maximum Gasteiger partial charge on any atom is 0.321 e. The van der Waals surface area contributed by atoms with E-state index in [-0.39, 0.29) is 23.6 Å². The number of amides is 2. The third kappa shape index (κ3) is 3.47. The van der Waals surface area contributed by atoms with Gasteiger partial charge in [0, 0.05) is 18.8 Å². The van der Waals surface area contributed by atoms with Crippen LogP contribution in [0.4, 0.5) is 10.5 Å². The third-order valence-corrected chi connectivity index (χ3v) is 5.10. The van der Waals surface area contributed by atoms with Crippen molar-refractivity contribution in [2.75, 3.05) is 23.9 Å². The highest BCUT2D eigenvalue weighted by Gasteiger charge is 2.32. The number of aryl methyl sites for hydroxylation is 1. The molecule has 1 aliphatic rings. The lowest BCUT2D eigenvalue weighted by atomic mass is 10.2. The molecule has 1 atom stereocenters. The van der Waals surface area contributed by atoms with Crippen molar-refractivity contribution in [3.8, 4) is 0 Å². The number of nitrogens with zero attached hydrogens (tertiary/aromatic N) is 1. The molecule has 1 unspecified atom stereocenters. The van der Waals surface area contributed by atoms with Gasteiger partial charge >= 0.3 is 6.03 Å². The average Bonchev–Trinajstić information content (AvgIpc) is 2.68. The molecule has 2 amide bonds. The van der Waals surface area contributed by atoms with Crippen molar-refractivity contribution in [1.29, 1.82) is 0 Å². The quantitative estimate of drug-likeness (QED) is 0.897. The van der Waals surface area contributed by atoms with E-state index in [0.717, 1.165) is 11.3 Å². The van der Waals surface area contributed by atoms with Crippen molar-refractivity contribution in [2.24, 2.45) is 0 Å². The zero-order valence-corrected chi connectivity index (χ0v) is 11.9. The van der Waals surface area contributed by atoms with E-state index in [1.807, 2.05) is 31.2 Å². The monoisotopic (exact) mass is 282 g/mol. The normalized spacial score (nSPS) is 21.1. The lowest BCUT2D eigenvalue weighted by Gasteiger charge is -2.23. The molecule has 1 aliphatic heterocycles. The highest BCUT2D eigenvalue weighted by Crippen LogP contribution is 2.18. The van der Waals surface area contributed by atoms with Gasteiger partial charge in [-0.3, -0.25) is 0 Å². The second-order valence-corrected chi connectivity index (χ2v) is 7.20. The summed E-state index contributed by atoms with van der Waals surface area (Å²) in [7, 11) is -1.34. The molecular formula is C13H18N2O3S. The van der Waals surface area contributed by atoms with Gasteiger partial charge in [0.1, 0.15) is 0 Å². The van der Waals surface area contributed by atoms with Crippen LogP contribution in [-0.4, -0.2) is 43.9 Å². The molecule has 0 spiro atoms. The van der Waals surface area contributed by atoms with E-state index in [4.69, 9.17) is 0 Å². The second-order valence-electron chi connectivity index (χ2n) is 4.97. The van der Waals surface area contributed by atoms with Crippen LogP contribution in [0.15, 0.2) is 24.3 Å². The van der Waals surface area contributed by atoms with E-state index in [2.05, 4.69) is 5.32 Å². The van der Waals surface area contributed by atoms with E-state index in [1.54, 1.807) is 7.05 Å². The summed E-state index contributed by atoms with van der Waals surface area (Å²) in [6.07, 6.45) is 0.514. The smallest absolute Gasteiger partial charge is 0.321 e. The number of benzene rings is 1. The molecule has 1 fully saturated rings. The molecule has 5 nitrogen and oxygen atoms in total. The molecule has 19 heavy (non-hydrogen) atoms. The van der Waals surface area contributed by atoms with Gasteiger partial charge in [-0.05, 0) is 31.0 Å². The molecule has 0 aliphatic carbocycles. The van der Waals surface area contributed by atoms with Crippen LogP contribution >= 0.6 is 0 Å². The first-order chi connectivity index (χ1) is 8.87. The fraction of sp³-hybridized carbons (Fsp3) is 0.462. The standard InChI is InChI=1S/C13H18N2O3S/c1-10-4-3-5-11(8-10)14-13(16)15(2)12-6-7-19(17,18)9-12/h3-5,8,12H,6-7,9H2,1-2H3,(H,14,16). The fourth-order valence-electron chi connectivity index (χ4n) is 2.18. The minimum absolute atomic E-state index is 0.0603. The number of carbonyl (C=O) groups is 1. The molecule has 0 bridgehead atoms. The maximum absolute atomic E-state index is 12.0. The summed E-state index contributed by atoms with van der Waals surface area (Å²) in [5.41, 5.74) is 1.78. The number of hydrogen-bond acceptors (Lipinski definition) is 3. The summed E-state index contributed by atoms with van der Waals surface area (Å²) in [6.45, 7) is 1.95. The molecule has 0 saturated carbocycles. The SMILES string of the molecule is Cc1cccc(NC(=O)N(C)C2CCS(=O)(=O)C2)c1. The molecular weight excluding hydrogens is 264 g/mol. The minimum atomic E-state index is -2.98. The zero-order valence-electron chi connectivity index (χ0n) is 11.1. The summed E-state index contributed by atoms with van der Waals surface area (Å²) in [6, 6.07) is 7.00. The summed E-state index contributed by atoms with van der Waals surface area (Å²) in [4.78, 5) is 13.5. The highest BCUT2D eigenvalue weighted by molar-refractivity contribution is 7.91. The first-order valence-electron chi connectivity index (χ1n) is 6.18. The number of urea groups is 1. The average molecular weight is 282 g/mol. The molecule has 2 rings (SSSR count). The molecule has 1 heterocycles. The van der Waals surface area contributed by atoms with Gasteiger partial charge in [-0.15, -0.1) is 0 Å². The van der Waals surface area contributed by atoms with Gasteiger partial charge in [-0.25, -0.2) is 13.2 Å². The van der Waals surface area contributed by atoms with Crippen molar-refractivity contribution in [3.63, 3.8) is 0 Å². The Kier molecular flexibility index (Phi) is 3.80. The van der Waals surface area contributed by atoms with Gasteiger partial charge in [0.15, 0.2) is 9.84 Å². The van der Waals surface area contributed by atoms with Crippen molar-refractivity contribution in [1.82, 2.24) is 4.90 Å². The van der Waals surface area contributed by atoms with Crippen LogP contribution in [-0.2, 0) is 9.84 Å². The third-order valence-electron chi connectivity index (χ3n) is 3.35. The predicted molar refractivity (Wildman–Crippen MR) is 75.0 cm³/mol. The molecule has 6 heteroatoms. The Morgan fingerprint density at radius 2 is 2.16 bits per heavy atom. The first-order valence-corrected chi connectivity index (χ1v) is 8.00. The Morgan fingerprint density at radius 3 is 2.74 bits per heavy atom. The lowest BCUT2D eigenvalue weighted by Crippen LogP contribution is -2.40. The van der Waals surface area contributed by atoms with Crippen molar-refractivity contribution in [2.45, 2.75) is 19.4 Å². The summed E-state index contributed by atoms with van der Waals surface area (Å²) >= 11 is 0. The molecule has 1 aromatic carbocycles. The number of nitrogens with one attached hydrogen (secondary N) is 1. The second kappa shape index (κ2) is 5.21. The van der Waals surface area contributed by atoms with Crippen molar-refractivity contribution >= 4 is 21.6 Å². The van der Waals surface area contributed by atoms with Crippen LogP contribution in [0.5, 0.6) is 0 Å². The van der Waals surface area contributed by atoms with E-state index >= 15 is 0 Å². The van der Waals surface area contributed by atoms with Crippen LogP contribution in [0.2, 0.25) is 0 Å². The van der Waals surface area contributed by atoms with E-state index < -0.39 is 9.84 Å². The summed E-state index contributed by atoms with van der Waals surface area (Å²) < 4.78 is 22.8. The molecule has 0 aromatic heterocycles. The van der Waals surface area contributed by atoms with Crippen molar-refractivity contribution in [3.05, 3.63) is 29.8 Å². The Balaban J connectivity index is 2.00. The van der Waals surface area contributed by atoms with Gasteiger partial charge in [-0.1, -0.05) is 12.1 Å². The Bertz CT molecular complexity index is 583. The topological polar surface area (TPSA) is 66.5 Å². The van der Waals surface area contributed by atoms with E-state index in [0.29, 0.717) is 6.42 Å². The number of sulfone groups is 1. The van der Waals surface area contributed by atoms with Gasteiger partial charge in [0.05, 0.1) is 11.5 Å². The number of carbonyl (C=O) groups excluding carboxylic acids is 1. The zero-order chi connectivity index (χ0) is 14.0. The van der Waals surface area contributed by atoms with Gasteiger partial charge in [0.2, 0.25) is 0 Å². The van der Waals surface area contributed by atoms with Gasteiger partial charge in [-0.2, -0.15) is 0 Å².